The van der Waals surface area contributed by atoms with Gasteiger partial charge in [0.2, 0.25) is 0 Å². The van der Waals surface area contributed by atoms with Crippen molar-refractivity contribution < 1.29 is 0 Å². The Hall–Kier alpha value is -2.16. The molecule has 9 heteroatoms. The number of nitrogens with one attached hydrogen (secondary N) is 2. The Morgan fingerprint density at radius 1 is 1.29 bits per heavy atom. The molecule has 0 aliphatic heterocycles. The van der Waals surface area contributed by atoms with E-state index in [9.17, 15) is 9.59 Å². The first kappa shape index (κ1) is 15.2. The summed E-state index contributed by atoms with van der Waals surface area (Å²) in [6, 6.07) is 1.78. The number of aromatic amines is 1. The third-order valence-corrected chi connectivity index (χ3v) is 3.53. The van der Waals surface area contributed by atoms with Gasteiger partial charge < -0.3 is 5.32 Å². The molecule has 0 aliphatic carbocycles. The fraction of sp³-hybridized carbons (Fsp3) is 0.417. The third-order valence-electron chi connectivity index (χ3n) is 2.57. The number of rotatable bonds is 5. The number of hydrogen-bond donors (Lipinski definition) is 2. The number of aromatic nitrogens is 5. The molecule has 0 aliphatic rings. The van der Waals surface area contributed by atoms with Crippen molar-refractivity contribution in [1.82, 2.24) is 24.7 Å². The zero-order chi connectivity index (χ0) is 15.4. The highest BCUT2D eigenvalue weighted by atomic mass is 32.2. The van der Waals surface area contributed by atoms with Crippen molar-refractivity contribution in [3.8, 4) is 0 Å². The highest BCUT2D eigenvalue weighted by molar-refractivity contribution is 7.99. The zero-order valence-corrected chi connectivity index (χ0v) is 12.8. The Morgan fingerprint density at radius 2 is 2.05 bits per heavy atom. The maximum atomic E-state index is 11.3. The Kier molecular flexibility index (Phi) is 4.73. The predicted octanol–water partition coefficient (Wildman–Crippen LogP) is 0.404. The molecule has 0 fully saturated rings. The maximum Gasteiger partial charge on any atom is 0.339 e. The lowest BCUT2D eigenvalue weighted by atomic mass is 10.4. The SMILES string of the molecule is CCNc1cc(Sc2nc(=O)c(=O)[nH]n2C)nc(CC)n1. The van der Waals surface area contributed by atoms with Gasteiger partial charge in [-0.05, 0) is 18.7 Å². The maximum absolute atomic E-state index is 11.3. The highest BCUT2D eigenvalue weighted by Crippen LogP contribution is 2.24. The van der Waals surface area contributed by atoms with E-state index in [4.69, 9.17) is 0 Å². The number of hydrogen-bond acceptors (Lipinski definition) is 7. The molecule has 2 aromatic rings. The lowest BCUT2D eigenvalue weighted by molar-refractivity contribution is 0.596. The second kappa shape index (κ2) is 6.53. The largest absolute Gasteiger partial charge is 0.370 e. The summed E-state index contributed by atoms with van der Waals surface area (Å²) in [7, 11) is 1.61. The van der Waals surface area contributed by atoms with Crippen LogP contribution >= 0.6 is 11.8 Å². The lowest BCUT2D eigenvalue weighted by Crippen LogP contribution is -2.33. The van der Waals surface area contributed by atoms with E-state index in [1.54, 1.807) is 13.1 Å². The molecule has 2 heterocycles. The molecule has 0 spiro atoms. The van der Waals surface area contributed by atoms with Crippen molar-refractivity contribution in [2.45, 2.75) is 30.5 Å². The van der Waals surface area contributed by atoms with Crippen LogP contribution in [0.25, 0.3) is 0 Å². The number of H-pyrrole nitrogens is 1. The van der Waals surface area contributed by atoms with Gasteiger partial charge in [-0.15, -0.1) is 0 Å². The summed E-state index contributed by atoms with van der Waals surface area (Å²) in [6.07, 6.45) is 0.699. The molecule has 2 rings (SSSR count). The van der Waals surface area contributed by atoms with Gasteiger partial charge in [0.15, 0.2) is 5.16 Å². The van der Waals surface area contributed by atoms with E-state index in [1.165, 1.54) is 16.4 Å². The quantitative estimate of drug-likeness (QED) is 0.608. The monoisotopic (exact) mass is 308 g/mol. The van der Waals surface area contributed by atoms with Crippen LogP contribution in [-0.4, -0.2) is 31.3 Å². The minimum absolute atomic E-state index is 0.364. The second-order valence-corrected chi connectivity index (χ2v) is 5.18. The van der Waals surface area contributed by atoms with E-state index in [-0.39, 0.29) is 0 Å². The first-order valence-electron chi connectivity index (χ1n) is 6.50. The molecule has 0 saturated heterocycles. The molecule has 0 unspecified atom stereocenters. The molecule has 21 heavy (non-hydrogen) atoms. The minimum Gasteiger partial charge on any atom is -0.370 e. The lowest BCUT2D eigenvalue weighted by Gasteiger charge is -2.09. The fourth-order valence-corrected chi connectivity index (χ4v) is 2.42. The Morgan fingerprint density at radius 3 is 2.71 bits per heavy atom. The van der Waals surface area contributed by atoms with E-state index in [0.717, 1.165) is 12.4 Å². The van der Waals surface area contributed by atoms with Gasteiger partial charge in [-0.2, -0.15) is 4.98 Å². The number of anilines is 1. The minimum atomic E-state index is -0.813. The standard InChI is InChI=1S/C12H16N6O2S/c1-4-7-14-8(13-5-2)6-9(15-7)21-12-16-10(19)11(20)17-18(12)3/h6H,4-5H2,1-3H3,(H,17,20)(H,13,14,15). The van der Waals surface area contributed by atoms with Crippen LogP contribution in [0.3, 0.4) is 0 Å². The summed E-state index contributed by atoms with van der Waals surface area (Å²) in [5.74, 6) is 1.42. The van der Waals surface area contributed by atoms with Crippen LogP contribution in [0.2, 0.25) is 0 Å². The van der Waals surface area contributed by atoms with E-state index >= 15 is 0 Å². The molecule has 0 amide bonds. The topological polar surface area (TPSA) is 106 Å². The van der Waals surface area contributed by atoms with E-state index in [0.29, 0.717) is 22.4 Å². The molecule has 0 aromatic carbocycles. The van der Waals surface area contributed by atoms with Crippen molar-refractivity contribution >= 4 is 17.6 Å². The first-order chi connectivity index (χ1) is 10.0. The molecule has 0 atom stereocenters. The van der Waals surface area contributed by atoms with E-state index in [2.05, 4.69) is 25.4 Å². The fourth-order valence-electron chi connectivity index (χ4n) is 1.60. The molecule has 0 bridgehead atoms. The van der Waals surface area contributed by atoms with Gasteiger partial charge in [-0.1, -0.05) is 6.92 Å². The van der Waals surface area contributed by atoms with Gasteiger partial charge >= 0.3 is 11.1 Å². The molecule has 0 radical (unpaired) electrons. The van der Waals surface area contributed by atoms with E-state index < -0.39 is 11.1 Å². The van der Waals surface area contributed by atoms with Crippen LogP contribution in [0.15, 0.2) is 25.8 Å². The van der Waals surface area contributed by atoms with Crippen LogP contribution in [-0.2, 0) is 13.5 Å². The summed E-state index contributed by atoms with van der Waals surface area (Å²) >= 11 is 1.20. The number of aryl methyl sites for hydroxylation is 2. The van der Waals surface area contributed by atoms with Crippen LogP contribution in [0.1, 0.15) is 19.7 Å². The average Bonchev–Trinajstić information content (AvgIpc) is 2.45. The summed E-state index contributed by atoms with van der Waals surface area (Å²) in [6.45, 7) is 4.70. The van der Waals surface area contributed by atoms with Crippen molar-refractivity contribution in [1.29, 1.82) is 0 Å². The zero-order valence-electron chi connectivity index (χ0n) is 12.0. The highest BCUT2D eigenvalue weighted by Gasteiger charge is 2.09. The van der Waals surface area contributed by atoms with Crippen LogP contribution < -0.4 is 16.4 Å². The molecule has 2 aromatic heterocycles. The number of nitrogens with zero attached hydrogens (tertiary/aromatic N) is 4. The first-order valence-corrected chi connectivity index (χ1v) is 7.32. The smallest absolute Gasteiger partial charge is 0.339 e. The Labute approximate surface area is 125 Å². The van der Waals surface area contributed by atoms with Gasteiger partial charge in [0, 0.05) is 26.1 Å². The Bertz CT molecular complexity index is 754. The molecular formula is C12H16N6O2S. The van der Waals surface area contributed by atoms with Crippen LogP contribution in [0.4, 0.5) is 5.82 Å². The normalized spacial score (nSPS) is 10.6. The van der Waals surface area contributed by atoms with Crippen molar-refractivity contribution in [3.05, 3.63) is 32.6 Å². The summed E-state index contributed by atoms with van der Waals surface area (Å²) in [4.78, 5) is 35.0. The van der Waals surface area contributed by atoms with Crippen LogP contribution in [0, 0.1) is 0 Å². The molecule has 2 N–H and O–H groups in total. The van der Waals surface area contributed by atoms with Crippen LogP contribution in [0.5, 0.6) is 0 Å². The van der Waals surface area contributed by atoms with Gasteiger partial charge in [0.05, 0.1) is 0 Å². The summed E-state index contributed by atoms with van der Waals surface area (Å²) < 4.78 is 1.40. The average molecular weight is 308 g/mol. The Balaban J connectivity index is 2.39. The van der Waals surface area contributed by atoms with Gasteiger partial charge in [0.1, 0.15) is 16.7 Å². The molecular weight excluding hydrogens is 292 g/mol. The van der Waals surface area contributed by atoms with E-state index in [1.807, 2.05) is 13.8 Å². The van der Waals surface area contributed by atoms with Gasteiger partial charge in [-0.3, -0.25) is 19.4 Å². The van der Waals surface area contributed by atoms with Crippen molar-refractivity contribution in [3.63, 3.8) is 0 Å². The third kappa shape index (κ3) is 3.69. The molecule has 8 nitrogen and oxygen atoms in total. The summed E-state index contributed by atoms with van der Waals surface area (Å²) in [5.41, 5.74) is -1.56. The molecule has 0 saturated carbocycles. The summed E-state index contributed by atoms with van der Waals surface area (Å²) in [5, 5.41) is 6.56. The van der Waals surface area contributed by atoms with Crippen molar-refractivity contribution in [2.75, 3.05) is 11.9 Å². The van der Waals surface area contributed by atoms with Gasteiger partial charge in [-0.25, -0.2) is 9.97 Å². The molecule has 112 valence electrons. The van der Waals surface area contributed by atoms with Crippen molar-refractivity contribution in [2.24, 2.45) is 7.05 Å². The second-order valence-electron chi connectivity index (χ2n) is 4.19. The predicted molar refractivity (Wildman–Crippen MR) is 79.8 cm³/mol. The van der Waals surface area contributed by atoms with Gasteiger partial charge in [0.25, 0.3) is 0 Å².